The Labute approximate surface area is 186 Å². The lowest BCUT2D eigenvalue weighted by Gasteiger charge is -2.37. The molecular formula is C23H26N4O3S. The van der Waals surface area contributed by atoms with E-state index >= 15 is 0 Å². The van der Waals surface area contributed by atoms with Gasteiger partial charge in [-0.15, -0.1) is 0 Å². The second-order valence-electron chi connectivity index (χ2n) is 7.41. The Morgan fingerprint density at radius 2 is 2.00 bits per heavy atom. The van der Waals surface area contributed by atoms with Gasteiger partial charge in [-0.2, -0.15) is 11.3 Å². The first-order valence-electron chi connectivity index (χ1n) is 10.3. The summed E-state index contributed by atoms with van der Waals surface area (Å²) in [7, 11) is 3.22. The van der Waals surface area contributed by atoms with Crippen molar-refractivity contribution in [1.29, 1.82) is 0 Å². The Morgan fingerprint density at radius 1 is 1.19 bits per heavy atom. The molecule has 8 heteroatoms. The monoisotopic (exact) mass is 438 g/mol. The number of hydrogen-bond donors (Lipinski definition) is 1. The van der Waals surface area contributed by atoms with Crippen LogP contribution in [-0.2, 0) is 4.79 Å². The van der Waals surface area contributed by atoms with Gasteiger partial charge in [0, 0.05) is 42.8 Å². The zero-order valence-corrected chi connectivity index (χ0v) is 18.5. The van der Waals surface area contributed by atoms with Gasteiger partial charge in [-0.1, -0.05) is 0 Å². The van der Waals surface area contributed by atoms with Crippen LogP contribution < -0.4 is 14.8 Å². The van der Waals surface area contributed by atoms with Gasteiger partial charge in [-0.25, -0.2) is 0 Å². The van der Waals surface area contributed by atoms with Crippen LogP contribution in [0.3, 0.4) is 0 Å². The minimum Gasteiger partial charge on any atom is -0.497 e. The smallest absolute Gasteiger partial charge is 0.250 e. The van der Waals surface area contributed by atoms with Crippen LogP contribution in [0.4, 0.5) is 5.69 Å². The zero-order chi connectivity index (χ0) is 21.6. The molecule has 3 heterocycles. The van der Waals surface area contributed by atoms with Gasteiger partial charge in [0.05, 0.1) is 32.2 Å². The number of ether oxygens (including phenoxy) is 2. The molecule has 1 fully saturated rings. The molecule has 1 aromatic carbocycles. The predicted octanol–water partition coefficient (Wildman–Crippen LogP) is 4.46. The summed E-state index contributed by atoms with van der Waals surface area (Å²) < 4.78 is 10.8. The van der Waals surface area contributed by atoms with Crippen LogP contribution in [0.5, 0.6) is 11.5 Å². The van der Waals surface area contributed by atoms with Gasteiger partial charge in [0.2, 0.25) is 5.91 Å². The molecule has 7 nitrogen and oxygen atoms in total. The highest BCUT2D eigenvalue weighted by Gasteiger charge is 2.34. The van der Waals surface area contributed by atoms with E-state index in [1.807, 2.05) is 33.9 Å². The van der Waals surface area contributed by atoms with E-state index in [1.165, 1.54) is 0 Å². The number of piperidine rings is 1. The van der Waals surface area contributed by atoms with E-state index in [2.05, 4.69) is 15.3 Å². The lowest BCUT2D eigenvalue weighted by molar-refractivity contribution is -0.136. The topological polar surface area (TPSA) is 76.6 Å². The number of carbonyl (C=O) groups excluding carboxylic acids is 1. The third-order valence-corrected chi connectivity index (χ3v) is 6.20. The molecule has 4 rings (SSSR count). The second-order valence-corrected chi connectivity index (χ2v) is 8.19. The Kier molecular flexibility index (Phi) is 6.66. The largest absolute Gasteiger partial charge is 0.497 e. The second kappa shape index (κ2) is 9.78. The van der Waals surface area contributed by atoms with Crippen LogP contribution in [0.1, 0.15) is 42.6 Å². The molecule has 2 atom stereocenters. The molecule has 0 radical (unpaired) electrons. The average Bonchev–Trinajstić information content (AvgIpc) is 3.37. The van der Waals surface area contributed by atoms with Gasteiger partial charge in [-0.3, -0.25) is 14.8 Å². The van der Waals surface area contributed by atoms with Crippen LogP contribution in [-0.4, -0.2) is 41.5 Å². The third kappa shape index (κ3) is 4.80. The quantitative estimate of drug-likeness (QED) is 0.587. The summed E-state index contributed by atoms with van der Waals surface area (Å²) in [6, 6.07) is 6.93. The van der Waals surface area contributed by atoms with Crippen molar-refractivity contribution in [1.82, 2.24) is 14.9 Å². The number of aromatic nitrogens is 2. The number of likely N-dealkylation sites (tertiary alicyclic amines) is 1. The normalized spacial score (nSPS) is 17.1. The van der Waals surface area contributed by atoms with Crippen LogP contribution >= 0.6 is 11.3 Å². The van der Waals surface area contributed by atoms with Crippen LogP contribution in [0, 0.1) is 0 Å². The van der Waals surface area contributed by atoms with Gasteiger partial charge in [0.25, 0.3) is 0 Å². The molecule has 31 heavy (non-hydrogen) atoms. The first kappa shape index (κ1) is 21.1. The van der Waals surface area contributed by atoms with E-state index in [-0.39, 0.29) is 11.9 Å². The fourth-order valence-electron chi connectivity index (χ4n) is 3.94. The predicted molar refractivity (Wildman–Crippen MR) is 121 cm³/mol. The molecule has 1 aliphatic rings. The first-order chi connectivity index (χ1) is 15.2. The average molecular weight is 439 g/mol. The number of thiophene rings is 1. The van der Waals surface area contributed by atoms with Gasteiger partial charge in [0.1, 0.15) is 17.5 Å². The maximum absolute atomic E-state index is 13.9. The van der Waals surface area contributed by atoms with Crippen molar-refractivity contribution >= 4 is 22.9 Å². The SMILES string of the molecule is COc1cc(NC(C(=O)N2CCCCC2c2cnccn2)c2ccsc2)cc(OC)c1. The minimum atomic E-state index is -0.527. The number of hydrogen-bond acceptors (Lipinski definition) is 7. The molecule has 1 aliphatic heterocycles. The number of methoxy groups -OCH3 is 2. The molecule has 2 aromatic heterocycles. The van der Waals surface area contributed by atoms with Gasteiger partial charge in [-0.05, 0) is 41.7 Å². The number of nitrogens with one attached hydrogen (secondary N) is 1. The molecule has 0 bridgehead atoms. The molecule has 1 saturated heterocycles. The van der Waals surface area contributed by atoms with E-state index in [0.29, 0.717) is 18.0 Å². The van der Waals surface area contributed by atoms with Crippen LogP contribution in [0.15, 0.2) is 53.6 Å². The lowest BCUT2D eigenvalue weighted by atomic mass is 9.97. The molecule has 1 N–H and O–H groups in total. The first-order valence-corrected chi connectivity index (χ1v) is 11.2. The Hall–Kier alpha value is -3.13. The number of rotatable bonds is 7. The maximum Gasteiger partial charge on any atom is 0.250 e. The zero-order valence-electron chi connectivity index (χ0n) is 17.7. The van der Waals surface area contributed by atoms with E-state index < -0.39 is 6.04 Å². The van der Waals surface area contributed by atoms with E-state index in [0.717, 1.165) is 36.2 Å². The van der Waals surface area contributed by atoms with Crippen molar-refractivity contribution in [3.8, 4) is 11.5 Å². The summed E-state index contributed by atoms with van der Waals surface area (Å²) in [5.74, 6) is 1.35. The Morgan fingerprint density at radius 3 is 2.65 bits per heavy atom. The molecule has 1 amide bonds. The fourth-order valence-corrected chi connectivity index (χ4v) is 4.62. The van der Waals surface area contributed by atoms with Crippen molar-refractivity contribution in [3.05, 3.63) is 64.9 Å². The number of benzene rings is 1. The lowest BCUT2D eigenvalue weighted by Crippen LogP contribution is -2.43. The highest BCUT2D eigenvalue weighted by atomic mass is 32.1. The Balaban J connectivity index is 1.66. The summed E-state index contributed by atoms with van der Waals surface area (Å²) >= 11 is 1.57. The molecule has 3 aromatic rings. The molecule has 0 saturated carbocycles. The van der Waals surface area contributed by atoms with Crippen molar-refractivity contribution in [2.24, 2.45) is 0 Å². The van der Waals surface area contributed by atoms with E-state index in [4.69, 9.17) is 9.47 Å². The molecule has 0 spiro atoms. The summed E-state index contributed by atoms with van der Waals surface area (Å²) in [4.78, 5) is 24.5. The standard InChI is InChI=1S/C23H26N4O3S/c1-29-18-11-17(12-19(13-18)30-2)26-22(16-6-10-31-15-16)23(28)27-9-4-3-5-21(27)20-14-24-7-8-25-20/h6-8,10-15,21-22,26H,3-5,9H2,1-2H3. The van der Waals surface area contributed by atoms with Crippen molar-refractivity contribution in [3.63, 3.8) is 0 Å². The fraction of sp³-hybridized carbons (Fsp3) is 0.348. The van der Waals surface area contributed by atoms with E-state index in [9.17, 15) is 4.79 Å². The molecule has 0 aliphatic carbocycles. The number of amides is 1. The highest BCUT2D eigenvalue weighted by molar-refractivity contribution is 7.08. The number of anilines is 1. The summed E-state index contributed by atoms with van der Waals surface area (Å²) in [6.07, 6.45) is 8.03. The minimum absolute atomic E-state index is 0.0236. The summed E-state index contributed by atoms with van der Waals surface area (Å²) in [5.41, 5.74) is 2.52. The third-order valence-electron chi connectivity index (χ3n) is 5.50. The van der Waals surface area contributed by atoms with Gasteiger partial charge >= 0.3 is 0 Å². The number of carbonyl (C=O) groups is 1. The van der Waals surface area contributed by atoms with Crippen molar-refractivity contribution in [2.75, 3.05) is 26.1 Å². The van der Waals surface area contributed by atoms with E-state index in [1.54, 1.807) is 50.2 Å². The molecule has 2 unspecified atom stereocenters. The van der Waals surface area contributed by atoms with Crippen molar-refractivity contribution in [2.45, 2.75) is 31.3 Å². The Bertz CT molecular complexity index is 975. The maximum atomic E-state index is 13.9. The van der Waals surface area contributed by atoms with Crippen LogP contribution in [0.25, 0.3) is 0 Å². The van der Waals surface area contributed by atoms with Gasteiger partial charge < -0.3 is 19.7 Å². The van der Waals surface area contributed by atoms with Gasteiger partial charge in [0.15, 0.2) is 0 Å². The molecule has 162 valence electrons. The summed E-state index contributed by atoms with van der Waals surface area (Å²) in [6.45, 7) is 0.698. The molecular weight excluding hydrogens is 412 g/mol. The highest BCUT2D eigenvalue weighted by Crippen LogP contribution is 2.35. The summed E-state index contributed by atoms with van der Waals surface area (Å²) in [5, 5.41) is 7.41. The number of nitrogens with zero attached hydrogens (tertiary/aromatic N) is 3. The van der Waals surface area contributed by atoms with Crippen LogP contribution in [0.2, 0.25) is 0 Å². The van der Waals surface area contributed by atoms with Crippen molar-refractivity contribution < 1.29 is 14.3 Å².